The lowest BCUT2D eigenvalue weighted by molar-refractivity contribution is -0.0604. The zero-order valence-electron chi connectivity index (χ0n) is 17.9. The SMILES string of the molecule is CCCCCCCCCCCCCCCCCCC(O)([C@@H](O)CO)P(=O)(O)O. The van der Waals surface area contributed by atoms with E-state index >= 15 is 0 Å². The predicted octanol–water partition coefficient (Wildman–Crippen LogP) is 4.86. The summed E-state index contributed by atoms with van der Waals surface area (Å²) >= 11 is 0. The average molecular weight is 425 g/mol. The van der Waals surface area contributed by atoms with E-state index in [9.17, 15) is 24.6 Å². The van der Waals surface area contributed by atoms with Crippen molar-refractivity contribution in [3.05, 3.63) is 0 Å². The van der Waals surface area contributed by atoms with Gasteiger partial charge in [0.2, 0.25) is 0 Å². The number of rotatable bonds is 20. The van der Waals surface area contributed by atoms with E-state index in [1.165, 1.54) is 77.0 Å². The summed E-state index contributed by atoms with van der Waals surface area (Å²) in [5.74, 6) is 0. The van der Waals surface area contributed by atoms with Crippen LogP contribution >= 0.6 is 7.60 Å². The molecule has 5 N–H and O–H groups in total. The minimum absolute atomic E-state index is 0.211. The lowest BCUT2D eigenvalue weighted by atomic mass is 10.0. The van der Waals surface area contributed by atoms with Crippen LogP contribution < -0.4 is 0 Å². The largest absolute Gasteiger partial charge is 0.394 e. The van der Waals surface area contributed by atoms with Crippen molar-refractivity contribution in [2.75, 3.05) is 6.61 Å². The molecule has 0 bridgehead atoms. The van der Waals surface area contributed by atoms with Gasteiger partial charge in [-0.05, 0) is 12.8 Å². The van der Waals surface area contributed by atoms with Crippen LogP contribution in [0.3, 0.4) is 0 Å². The van der Waals surface area contributed by atoms with E-state index in [0.29, 0.717) is 6.42 Å². The van der Waals surface area contributed by atoms with E-state index in [1.807, 2.05) is 0 Å². The molecule has 28 heavy (non-hydrogen) atoms. The fourth-order valence-corrected chi connectivity index (χ4v) is 4.51. The highest BCUT2D eigenvalue weighted by Gasteiger charge is 2.50. The van der Waals surface area contributed by atoms with E-state index in [0.717, 1.165) is 19.3 Å². The van der Waals surface area contributed by atoms with Crippen molar-refractivity contribution in [2.24, 2.45) is 0 Å². The van der Waals surface area contributed by atoms with Crippen molar-refractivity contribution in [3.63, 3.8) is 0 Å². The number of hydrogen-bond donors (Lipinski definition) is 5. The van der Waals surface area contributed by atoms with Crippen LogP contribution in [0.4, 0.5) is 0 Å². The van der Waals surface area contributed by atoms with Gasteiger partial charge < -0.3 is 25.1 Å². The quantitative estimate of drug-likeness (QED) is 0.141. The standard InChI is InChI=1S/C21H45O6P/c1-2-3-4-5-6-7-8-9-10-11-12-13-14-15-16-17-18-21(24,20(23)19-22)28(25,26)27/h20,22-24H,2-19H2,1H3,(H2,25,26,27)/t20-,21?/m0/s1. The zero-order valence-corrected chi connectivity index (χ0v) is 18.8. The van der Waals surface area contributed by atoms with Gasteiger partial charge in [-0.3, -0.25) is 4.57 Å². The maximum Gasteiger partial charge on any atom is 0.359 e. The third-order valence-corrected chi connectivity index (χ3v) is 7.14. The first-order valence-corrected chi connectivity index (χ1v) is 13.0. The molecule has 170 valence electrons. The van der Waals surface area contributed by atoms with Gasteiger partial charge >= 0.3 is 7.60 Å². The van der Waals surface area contributed by atoms with Gasteiger partial charge in [0.15, 0.2) is 5.34 Å². The van der Waals surface area contributed by atoms with Gasteiger partial charge in [0.25, 0.3) is 0 Å². The van der Waals surface area contributed by atoms with Gasteiger partial charge in [-0.25, -0.2) is 0 Å². The highest BCUT2D eigenvalue weighted by Crippen LogP contribution is 2.53. The number of hydrogen-bond acceptors (Lipinski definition) is 4. The van der Waals surface area contributed by atoms with Crippen molar-refractivity contribution >= 4 is 7.60 Å². The van der Waals surface area contributed by atoms with Crippen LogP contribution in [0.15, 0.2) is 0 Å². The second-order valence-electron chi connectivity index (χ2n) is 8.17. The number of aliphatic hydroxyl groups is 3. The Hall–Kier alpha value is 0.0300. The summed E-state index contributed by atoms with van der Waals surface area (Å²) in [5, 5.41) is 26.0. The smallest absolute Gasteiger partial charge is 0.359 e. The molecule has 0 aromatic carbocycles. The minimum Gasteiger partial charge on any atom is -0.394 e. The molecule has 0 aromatic rings. The number of aliphatic hydroxyl groups excluding tert-OH is 2. The Balaban J connectivity index is 3.54. The Labute approximate surface area is 171 Å². The summed E-state index contributed by atoms with van der Waals surface area (Å²) in [7, 11) is -4.90. The van der Waals surface area contributed by atoms with Gasteiger partial charge in [0.05, 0.1) is 6.61 Å². The molecule has 0 aliphatic rings. The molecule has 0 saturated carbocycles. The van der Waals surface area contributed by atoms with Gasteiger partial charge in [-0.2, -0.15) is 0 Å². The summed E-state index contributed by atoms with van der Waals surface area (Å²) in [5.41, 5.74) is 0. The molecule has 6 nitrogen and oxygen atoms in total. The van der Waals surface area contributed by atoms with Crippen molar-refractivity contribution in [2.45, 2.75) is 128 Å². The van der Waals surface area contributed by atoms with Crippen LogP contribution in [0.5, 0.6) is 0 Å². The summed E-state index contributed by atoms with van der Waals surface area (Å²) in [6, 6.07) is 0. The van der Waals surface area contributed by atoms with Crippen molar-refractivity contribution in [1.29, 1.82) is 0 Å². The maximum absolute atomic E-state index is 11.4. The minimum atomic E-state index is -4.90. The summed E-state index contributed by atoms with van der Waals surface area (Å²) in [4.78, 5) is 18.5. The van der Waals surface area contributed by atoms with Crippen LogP contribution in [-0.2, 0) is 4.57 Å². The van der Waals surface area contributed by atoms with Crippen LogP contribution in [0.2, 0.25) is 0 Å². The van der Waals surface area contributed by atoms with Crippen molar-refractivity contribution in [1.82, 2.24) is 0 Å². The van der Waals surface area contributed by atoms with Crippen molar-refractivity contribution in [3.8, 4) is 0 Å². The van der Waals surface area contributed by atoms with Gasteiger partial charge in [0.1, 0.15) is 6.10 Å². The molecule has 0 aliphatic heterocycles. The Bertz CT molecular complexity index is 400. The van der Waals surface area contributed by atoms with E-state index in [2.05, 4.69) is 6.92 Å². The van der Waals surface area contributed by atoms with Gasteiger partial charge in [-0.1, -0.05) is 103 Å². The molecule has 2 atom stereocenters. The third-order valence-electron chi connectivity index (χ3n) is 5.61. The lowest BCUT2D eigenvalue weighted by Gasteiger charge is -2.32. The van der Waals surface area contributed by atoms with E-state index in [4.69, 9.17) is 5.11 Å². The van der Waals surface area contributed by atoms with E-state index < -0.39 is 25.6 Å². The highest BCUT2D eigenvalue weighted by molar-refractivity contribution is 7.53. The summed E-state index contributed by atoms with van der Waals surface area (Å²) < 4.78 is 11.4. The summed E-state index contributed by atoms with van der Waals surface area (Å²) in [6.45, 7) is 1.37. The van der Waals surface area contributed by atoms with Gasteiger partial charge in [0, 0.05) is 0 Å². The number of unbranched alkanes of at least 4 members (excludes halogenated alkanes) is 15. The molecule has 0 saturated heterocycles. The predicted molar refractivity (Wildman–Crippen MR) is 114 cm³/mol. The molecule has 0 heterocycles. The Morgan fingerprint density at radius 1 is 0.714 bits per heavy atom. The second-order valence-corrected chi connectivity index (χ2v) is 10.0. The van der Waals surface area contributed by atoms with E-state index in [1.54, 1.807) is 0 Å². The first kappa shape index (κ1) is 28.0. The monoisotopic (exact) mass is 424 g/mol. The zero-order chi connectivity index (χ0) is 21.3. The van der Waals surface area contributed by atoms with Crippen LogP contribution in [0.1, 0.15) is 116 Å². The molecule has 0 amide bonds. The van der Waals surface area contributed by atoms with Crippen LogP contribution in [0, 0.1) is 0 Å². The molecule has 7 heteroatoms. The fourth-order valence-electron chi connectivity index (χ4n) is 3.59. The average Bonchev–Trinajstić information content (AvgIpc) is 2.65. The van der Waals surface area contributed by atoms with Gasteiger partial charge in [-0.15, -0.1) is 0 Å². The molecule has 0 aliphatic carbocycles. The summed E-state index contributed by atoms with van der Waals surface area (Å²) in [6.07, 6.45) is 17.0. The lowest BCUT2D eigenvalue weighted by Crippen LogP contribution is -2.44. The molecule has 0 aromatic heterocycles. The van der Waals surface area contributed by atoms with Crippen molar-refractivity contribution < 1.29 is 29.7 Å². The normalized spacial score (nSPS) is 15.5. The molecule has 0 fully saturated rings. The van der Waals surface area contributed by atoms with E-state index in [-0.39, 0.29) is 6.42 Å². The fraction of sp³-hybridized carbons (Fsp3) is 1.00. The molecular formula is C21H45O6P. The first-order valence-electron chi connectivity index (χ1n) is 11.4. The highest BCUT2D eigenvalue weighted by atomic mass is 31.2. The Morgan fingerprint density at radius 2 is 1.04 bits per heavy atom. The topological polar surface area (TPSA) is 118 Å². The third kappa shape index (κ3) is 12.6. The molecule has 1 unspecified atom stereocenters. The van der Waals surface area contributed by atoms with Crippen LogP contribution in [0.25, 0.3) is 0 Å². The second kappa shape index (κ2) is 16.8. The maximum atomic E-state index is 11.4. The Morgan fingerprint density at radius 3 is 1.32 bits per heavy atom. The van der Waals surface area contributed by atoms with Crippen LogP contribution in [-0.4, -0.2) is 43.2 Å². The molecule has 0 spiro atoms. The molecule has 0 rings (SSSR count). The Kier molecular flexibility index (Phi) is 16.8. The molecular weight excluding hydrogens is 379 g/mol. The molecule has 0 radical (unpaired) electrons. The first-order chi connectivity index (χ1) is 13.3.